The van der Waals surface area contributed by atoms with Crippen molar-refractivity contribution in [2.75, 3.05) is 20.6 Å². The third-order valence-corrected chi connectivity index (χ3v) is 4.20. The van der Waals surface area contributed by atoms with Gasteiger partial charge < -0.3 is 9.73 Å². The standard InChI is InChI=1S/C16H21IN2O/c1-12(13-6-8-14(17)9-7-13)18-11-15(19(2)3)16-5-4-10-20-16/h4-10,12,15,18H,11H2,1-3H3. The first-order valence-corrected chi connectivity index (χ1v) is 7.84. The van der Waals surface area contributed by atoms with E-state index in [4.69, 9.17) is 4.42 Å². The number of hydrogen-bond donors (Lipinski definition) is 1. The van der Waals surface area contributed by atoms with Crippen LogP contribution in [-0.2, 0) is 0 Å². The molecular formula is C16H21IN2O. The zero-order valence-electron chi connectivity index (χ0n) is 12.1. The Morgan fingerprint density at radius 3 is 2.45 bits per heavy atom. The maximum Gasteiger partial charge on any atom is 0.122 e. The lowest BCUT2D eigenvalue weighted by Crippen LogP contribution is -2.32. The van der Waals surface area contributed by atoms with E-state index in [1.54, 1.807) is 6.26 Å². The first-order chi connectivity index (χ1) is 9.58. The summed E-state index contributed by atoms with van der Waals surface area (Å²) in [6.07, 6.45) is 1.73. The minimum Gasteiger partial charge on any atom is -0.468 e. The third kappa shape index (κ3) is 4.07. The van der Waals surface area contributed by atoms with Crippen LogP contribution in [-0.4, -0.2) is 25.5 Å². The summed E-state index contributed by atoms with van der Waals surface area (Å²) >= 11 is 2.33. The smallest absolute Gasteiger partial charge is 0.122 e. The van der Waals surface area contributed by atoms with Crippen LogP contribution in [0, 0.1) is 3.57 Å². The van der Waals surface area contributed by atoms with Crippen LogP contribution in [0.1, 0.15) is 30.3 Å². The van der Waals surface area contributed by atoms with Crippen LogP contribution in [0.4, 0.5) is 0 Å². The second-order valence-corrected chi connectivity index (χ2v) is 6.42. The Bertz CT molecular complexity index is 508. The lowest BCUT2D eigenvalue weighted by atomic mass is 10.1. The van der Waals surface area contributed by atoms with Gasteiger partial charge in [0.15, 0.2) is 0 Å². The molecular weight excluding hydrogens is 363 g/mol. The Kier molecular flexibility index (Phi) is 5.63. The predicted octanol–water partition coefficient (Wildman–Crippen LogP) is 3.84. The number of nitrogens with zero attached hydrogens (tertiary/aromatic N) is 1. The van der Waals surface area contributed by atoms with Gasteiger partial charge in [0.25, 0.3) is 0 Å². The zero-order chi connectivity index (χ0) is 14.5. The maximum absolute atomic E-state index is 5.53. The van der Waals surface area contributed by atoms with E-state index in [9.17, 15) is 0 Å². The van der Waals surface area contributed by atoms with Crippen molar-refractivity contribution >= 4 is 22.6 Å². The van der Waals surface area contributed by atoms with Crippen molar-refractivity contribution in [1.82, 2.24) is 10.2 Å². The minimum absolute atomic E-state index is 0.247. The SMILES string of the molecule is CC(NCC(c1ccco1)N(C)C)c1ccc(I)cc1. The van der Waals surface area contributed by atoms with E-state index in [0.29, 0.717) is 6.04 Å². The van der Waals surface area contributed by atoms with Crippen molar-refractivity contribution in [3.05, 3.63) is 57.6 Å². The molecule has 2 rings (SSSR count). The largest absolute Gasteiger partial charge is 0.468 e. The molecule has 0 bridgehead atoms. The van der Waals surface area contributed by atoms with E-state index in [0.717, 1.165) is 12.3 Å². The second kappa shape index (κ2) is 7.24. The van der Waals surface area contributed by atoms with E-state index in [1.165, 1.54) is 9.13 Å². The highest BCUT2D eigenvalue weighted by Gasteiger charge is 2.17. The van der Waals surface area contributed by atoms with E-state index in [2.05, 4.69) is 78.1 Å². The van der Waals surface area contributed by atoms with Crippen molar-refractivity contribution in [2.24, 2.45) is 0 Å². The molecule has 2 atom stereocenters. The summed E-state index contributed by atoms with van der Waals surface area (Å²) in [5, 5.41) is 3.58. The zero-order valence-corrected chi connectivity index (χ0v) is 14.3. The van der Waals surface area contributed by atoms with Gasteiger partial charge in [0.1, 0.15) is 5.76 Å². The summed E-state index contributed by atoms with van der Waals surface area (Å²) in [7, 11) is 4.15. The number of rotatable bonds is 6. The molecule has 20 heavy (non-hydrogen) atoms. The summed E-state index contributed by atoms with van der Waals surface area (Å²) in [5.74, 6) is 0.998. The van der Waals surface area contributed by atoms with Crippen molar-refractivity contribution in [3.8, 4) is 0 Å². The lowest BCUT2D eigenvalue weighted by molar-refractivity contribution is 0.245. The fraction of sp³-hybridized carbons (Fsp3) is 0.375. The number of likely N-dealkylation sites (N-methyl/N-ethyl adjacent to an activating group) is 1. The van der Waals surface area contributed by atoms with Crippen LogP contribution in [0.15, 0.2) is 47.1 Å². The molecule has 1 N–H and O–H groups in total. The number of nitrogens with one attached hydrogen (secondary N) is 1. The number of hydrogen-bond acceptors (Lipinski definition) is 3. The van der Waals surface area contributed by atoms with Gasteiger partial charge in [-0.15, -0.1) is 0 Å². The highest BCUT2D eigenvalue weighted by Crippen LogP contribution is 2.20. The van der Waals surface area contributed by atoms with Crippen LogP contribution < -0.4 is 5.32 Å². The molecule has 0 aliphatic rings. The Hall–Kier alpha value is -0.850. The molecule has 4 heteroatoms. The van der Waals surface area contributed by atoms with Gasteiger partial charge in [0, 0.05) is 16.2 Å². The highest BCUT2D eigenvalue weighted by atomic mass is 127. The molecule has 0 saturated heterocycles. The van der Waals surface area contributed by atoms with Crippen molar-refractivity contribution < 1.29 is 4.42 Å². The van der Waals surface area contributed by atoms with Gasteiger partial charge >= 0.3 is 0 Å². The van der Waals surface area contributed by atoms with Crippen LogP contribution in [0.3, 0.4) is 0 Å². The molecule has 0 saturated carbocycles. The van der Waals surface area contributed by atoms with Crippen molar-refractivity contribution in [1.29, 1.82) is 0 Å². The van der Waals surface area contributed by atoms with Crippen molar-refractivity contribution in [3.63, 3.8) is 0 Å². The molecule has 0 spiro atoms. The average molecular weight is 384 g/mol. The van der Waals surface area contributed by atoms with E-state index < -0.39 is 0 Å². The molecule has 108 valence electrons. The summed E-state index contributed by atoms with van der Waals surface area (Å²) in [4.78, 5) is 2.17. The van der Waals surface area contributed by atoms with Gasteiger partial charge in [-0.3, -0.25) is 4.90 Å². The minimum atomic E-state index is 0.247. The quantitative estimate of drug-likeness (QED) is 0.768. The van der Waals surface area contributed by atoms with E-state index in [1.807, 2.05) is 12.1 Å². The molecule has 0 aliphatic heterocycles. The molecule has 1 heterocycles. The molecule has 2 unspecified atom stereocenters. The monoisotopic (exact) mass is 384 g/mol. The number of halogens is 1. The maximum atomic E-state index is 5.53. The van der Waals surface area contributed by atoms with Crippen LogP contribution in [0.25, 0.3) is 0 Å². The summed E-state index contributed by atoms with van der Waals surface area (Å²) in [6, 6.07) is 13.2. The predicted molar refractivity (Wildman–Crippen MR) is 90.7 cm³/mol. The fourth-order valence-electron chi connectivity index (χ4n) is 2.18. The van der Waals surface area contributed by atoms with Crippen LogP contribution >= 0.6 is 22.6 Å². The molecule has 1 aromatic carbocycles. The highest BCUT2D eigenvalue weighted by molar-refractivity contribution is 14.1. The van der Waals surface area contributed by atoms with E-state index >= 15 is 0 Å². The summed E-state index contributed by atoms with van der Waals surface area (Å²) in [5.41, 5.74) is 1.31. The Morgan fingerprint density at radius 2 is 1.90 bits per heavy atom. The molecule has 0 fully saturated rings. The van der Waals surface area contributed by atoms with E-state index in [-0.39, 0.29) is 6.04 Å². The summed E-state index contributed by atoms with van der Waals surface area (Å²) in [6.45, 7) is 3.05. The molecule has 0 radical (unpaired) electrons. The van der Waals surface area contributed by atoms with Crippen LogP contribution in [0.2, 0.25) is 0 Å². The molecule has 1 aromatic heterocycles. The topological polar surface area (TPSA) is 28.4 Å². The Morgan fingerprint density at radius 1 is 1.20 bits per heavy atom. The Labute approximate surface area is 134 Å². The van der Waals surface area contributed by atoms with Gasteiger partial charge in [0.05, 0.1) is 12.3 Å². The number of furan rings is 1. The van der Waals surface area contributed by atoms with Gasteiger partial charge in [0.2, 0.25) is 0 Å². The summed E-state index contributed by atoms with van der Waals surface area (Å²) < 4.78 is 6.79. The fourth-order valence-corrected chi connectivity index (χ4v) is 2.54. The van der Waals surface area contributed by atoms with Crippen molar-refractivity contribution in [2.45, 2.75) is 19.0 Å². The van der Waals surface area contributed by atoms with Gasteiger partial charge in [-0.1, -0.05) is 12.1 Å². The van der Waals surface area contributed by atoms with Crippen LogP contribution in [0.5, 0.6) is 0 Å². The third-order valence-electron chi connectivity index (χ3n) is 3.48. The Balaban J connectivity index is 1.97. The molecule has 2 aromatic rings. The van der Waals surface area contributed by atoms with Gasteiger partial charge in [-0.2, -0.15) is 0 Å². The second-order valence-electron chi connectivity index (χ2n) is 5.18. The molecule has 3 nitrogen and oxygen atoms in total. The van der Waals surface area contributed by atoms with Gasteiger partial charge in [-0.25, -0.2) is 0 Å². The first-order valence-electron chi connectivity index (χ1n) is 6.76. The molecule has 0 aliphatic carbocycles. The number of benzene rings is 1. The molecule has 0 amide bonds. The first kappa shape index (κ1) is 15.5. The normalized spacial score (nSPS) is 14.4. The lowest BCUT2D eigenvalue weighted by Gasteiger charge is -2.25. The average Bonchev–Trinajstić information content (AvgIpc) is 2.93. The van der Waals surface area contributed by atoms with Gasteiger partial charge in [-0.05, 0) is 73.4 Å².